The van der Waals surface area contributed by atoms with Crippen LogP contribution >= 0.6 is 0 Å². The van der Waals surface area contributed by atoms with Gasteiger partial charge in [-0.2, -0.15) is 0 Å². The molecular weight excluding hydrogens is 228 g/mol. The van der Waals surface area contributed by atoms with Crippen molar-refractivity contribution in [3.05, 3.63) is 24.3 Å². The highest BCUT2D eigenvalue weighted by molar-refractivity contribution is 5.96. The number of benzene rings is 1. The standard InChI is InChI=1S/C14H18N2O2/c17-13-9-14(18)16(10-13)12-5-3-11(4-6-12)15-7-1-2-8-15/h3-6,13,17H,1-2,7-10H2. The molecule has 0 aromatic heterocycles. The van der Waals surface area contributed by atoms with E-state index in [9.17, 15) is 9.90 Å². The molecule has 0 aliphatic carbocycles. The van der Waals surface area contributed by atoms with Gasteiger partial charge < -0.3 is 14.9 Å². The van der Waals surface area contributed by atoms with Crippen molar-refractivity contribution in [1.29, 1.82) is 0 Å². The van der Waals surface area contributed by atoms with Crippen molar-refractivity contribution in [2.75, 3.05) is 29.4 Å². The second-order valence-corrected chi connectivity index (χ2v) is 5.07. The van der Waals surface area contributed by atoms with E-state index in [2.05, 4.69) is 17.0 Å². The van der Waals surface area contributed by atoms with Gasteiger partial charge in [0.05, 0.1) is 19.1 Å². The Morgan fingerprint density at radius 2 is 1.67 bits per heavy atom. The van der Waals surface area contributed by atoms with E-state index in [-0.39, 0.29) is 12.3 Å². The Bertz CT molecular complexity index is 438. The highest BCUT2D eigenvalue weighted by Crippen LogP contribution is 2.26. The van der Waals surface area contributed by atoms with Crippen LogP contribution in [0.25, 0.3) is 0 Å². The second-order valence-electron chi connectivity index (χ2n) is 5.07. The van der Waals surface area contributed by atoms with Crippen LogP contribution < -0.4 is 9.80 Å². The summed E-state index contributed by atoms with van der Waals surface area (Å²) < 4.78 is 0. The van der Waals surface area contributed by atoms with E-state index >= 15 is 0 Å². The lowest BCUT2D eigenvalue weighted by atomic mass is 10.2. The van der Waals surface area contributed by atoms with Gasteiger partial charge in [0.15, 0.2) is 0 Å². The highest BCUT2D eigenvalue weighted by atomic mass is 16.3. The zero-order chi connectivity index (χ0) is 12.5. The predicted molar refractivity (Wildman–Crippen MR) is 70.9 cm³/mol. The van der Waals surface area contributed by atoms with Crippen molar-refractivity contribution in [2.24, 2.45) is 0 Å². The van der Waals surface area contributed by atoms with Crippen molar-refractivity contribution in [1.82, 2.24) is 0 Å². The SMILES string of the molecule is O=C1CC(O)CN1c1ccc(N2CCCC2)cc1. The molecule has 2 heterocycles. The molecule has 2 saturated heterocycles. The fraction of sp³-hybridized carbons (Fsp3) is 0.500. The summed E-state index contributed by atoms with van der Waals surface area (Å²) in [6, 6.07) is 8.09. The Kier molecular flexibility index (Phi) is 2.96. The van der Waals surface area contributed by atoms with Crippen LogP contribution in [-0.4, -0.2) is 36.8 Å². The molecule has 96 valence electrons. The molecule has 2 aliphatic rings. The number of aliphatic hydroxyl groups is 1. The fourth-order valence-corrected chi connectivity index (χ4v) is 2.76. The lowest BCUT2D eigenvalue weighted by molar-refractivity contribution is -0.117. The third-order valence-corrected chi connectivity index (χ3v) is 3.74. The highest BCUT2D eigenvalue weighted by Gasteiger charge is 2.29. The normalized spacial score (nSPS) is 24.1. The van der Waals surface area contributed by atoms with Crippen molar-refractivity contribution in [3.8, 4) is 0 Å². The molecule has 18 heavy (non-hydrogen) atoms. The molecule has 3 rings (SSSR count). The zero-order valence-corrected chi connectivity index (χ0v) is 10.4. The van der Waals surface area contributed by atoms with Crippen molar-refractivity contribution >= 4 is 17.3 Å². The molecule has 1 amide bonds. The van der Waals surface area contributed by atoms with Gasteiger partial charge in [0.2, 0.25) is 5.91 Å². The van der Waals surface area contributed by atoms with E-state index in [4.69, 9.17) is 0 Å². The van der Waals surface area contributed by atoms with Crippen molar-refractivity contribution in [2.45, 2.75) is 25.4 Å². The van der Waals surface area contributed by atoms with Crippen LogP contribution in [0, 0.1) is 0 Å². The maximum absolute atomic E-state index is 11.7. The van der Waals surface area contributed by atoms with E-state index in [1.54, 1.807) is 4.90 Å². The number of hydrogen-bond donors (Lipinski definition) is 1. The fourth-order valence-electron chi connectivity index (χ4n) is 2.76. The summed E-state index contributed by atoms with van der Waals surface area (Å²) in [5.74, 6) is 0.0106. The van der Waals surface area contributed by atoms with Gasteiger partial charge in [-0.3, -0.25) is 4.79 Å². The van der Waals surface area contributed by atoms with Gasteiger partial charge in [-0.25, -0.2) is 0 Å². The summed E-state index contributed by atoms with van der Waals surface area (Å²) in [7, 11) is 0. The molecule has 1 aromatic rings. The van der Waals surface area contributed by atoms with Crippen LogP contribution in [-0.2, 0) is 4.79 Å². The molecule has 0 saturated carbocycles. The number of amides is 1. The predicted octanol–water partition coefficient (Wildman–Crippen LogP) is 1.38. The minimum Gasteiger partial charge on any atom is -0.391 e. The number of carbonyl (C=O) groups excluding carboxylic acids is 1. The van der Waals surface area contributed by atoms with Gasteiger partial charge >= 0.3 is 0 Å². The molecule has 1 aromatic carbocycles. The second kappa shape index (κ2) is 4.61. The van der Waals surface area contributed by atoms with Crippen LogP contribution in [0.4, 0.5) is 11.4 Å². The van der Waals surface area contributed by atoms with Gasteiger partial charge in [0.25, 0.3) is 0 Å². The number of nitrogens with zero attached hydrogens (tertiary/aromatic N) is 2. The average molecular weight is 246 g/mol. The molecule has 0 bridgehead atoms. The van der Waals surface area contributed by atoms with Crippen molar-refractivity contribution in [3.63, 3.8) is 0 Å². The first kappa shape index (κ1) is 11.5. The summed E-state index contributed by atoms with van der Waals surface area (Å²) in [6.07, 6.45) is 2.25. The largest absolute Gasteiger partial charge is 0.391 e. The van der Waals surface area contributed by atoms with Gasteiger partial charge in [0, 0.05) is 24.5 Å². The van der Waals surface area contributed by atoms with Crippen LogP contribution in [0.2, 0.25) is 0 Å². The van der Waals surface area contributed by atoms with Crippen LogP contribution in [0.15, 0.2) is 24.3 Å². The maximum atomic E-state index is 11.7. The first-order valence-electron chi connectivity index (χ1n) is 6.57. The van der Waals surface area contributed by atoms with Gasteiger partial charge in [-0.15, -0.1) is 0 Å². The summed E-state index contributed by atoms with van der Waals surface area (Å²) in [5.41, 5.74) is 2.11. The number of hydrogen-bond acceptors (Lipinski definition) is 3. The Hall–Kier alpha value is -1.55. The molecule has 2 fully saturated rings. The van der Waals surface area contributed by atoms with Crippen molar-refractivity contribution < 1.29 is 9.90 Å². The molecule has 4 nitrogen and oxygen atoms in total. The first-order chi connectivity index (χ1) is 8.74. The van der Waals surface area contributed by atoms with Gasteiger partial charge in [0.1, 0.15) is 0 Å². The molecular formula is C14H18N2O2. The molecule has 0 radical (unpaired) electrons. The van der Waals surface area contributed by atoms with E-state index in [1.165, 1.54) is 18.5 Å². The maximum Gasteiger partial charge on any atom is 0.229 e. The Balaban J connectivity index is 1.76. The van der Waals surface area contributed by atoms with E-state index < -0.39 is 6.10 Å². The summed E-state index contributed by atoms with van der Waals surface area (Å²) in [5, 5.41) is 9.49. The minimum atomic E-state index is -0.518. The van der Waals surface area contributed by atoms with E-state index in [0.29, 0.717) is 6.54 Å². The minimum absolute atomic E-state index is 0.0106. The van der Waals surface area contributed by atoms with E-state index in [1.807, 2.05) is 12.1 Å². The lowest BCUT2D eigenvalue weighted by Gasteiger charge is -2.20. The Labute approximate surface area is 107 Å². The number of aliphatic hydroxyl groups excluding tert-OH is 1. The number of anilines is 2. The van der Waals surface area contributed by atoms with Gasteiger partial charge in [-0.1, -0.05) is 0 Å². The summed E-state index contributed by atoms with van der Waals surface area (Å²) >= 11 is 0. The lowest BCUT2D eigenvalue weighted by Crippen LogP contribution is -2.25. The smallest absolute Gasteiger partial charge is 0.229 e. The van der Waals surface area contributed by atoms with E-state index in [0.717, 1.165) is 18.8 Å². The molecule has 0 spiro atoms. The third-order valence-electron chi connectivity index (χ3n) is 3.74. The number of rotatable bonds is 2. The Morgan fingerprint density at radius 1 is 1.06 bits per heavy atom. The molecule has 1 N–H and O–H groups in total. The summed E-state index contributed by atoms with van der Waals surface area (Å²) in [4.78, 5) is 15.7. The third kappa shape index (κ3) is 2.08. The summed E-state index contributed by atoms with van der Waals surface area (Å²) in [6.45, 7) is 2.67. The van der Waals surface area contributed by atoms with Crippen LogP contribution in [0.3, 0.4) is 0 Å². The number of β-amino-alcohol motifs (C(OH)–C–C–N with tert-alkyl or cyclic N) is 1. The molecule has 4 heteroatoms. The monoisotopic (exact) mass is 246 g/mol. The zero-order valence-electron chi connectivity index (χ0n) is 10.4. The molecule has 2 aliphatic heterocycles. The quantitative estimate of drug-likeness (QED) is 0.857. The first-order valence-corrected chi connectivity index (χ1v) is 6.57. The van der Waals surface area contributed by atoms with Crippen LogP contribution in [0.5, 0.6) is 0 Å². The topological polar surface area (TPSA) is 43.8 Å². The van der Waals surface area contributed by atoms with Crippen LogP contribution in [0.1, 0.15) is 19.3 Å². The molecule has 1 unspecified atom stereocenters. The Morgan fingerprint density at radius 3 is 2.22 bits per heavy atom. The molecule has 1 atom stereocenters. The number of carbonyl (C=O) groups is 1. The average Bonchev–Trinajstić information content (AvgIpc) is 2.99. The van der Waals surface area contributed by atoms with Gasteiger partial charge in [-0.05, 0) is 37.1 Å².